The van der Waals surface area contributed by atoms with Crippen molar-refractivity contribution in [3.8, 4) is 5.75 Å². The van der Waals surface area contributed by atoms with Gasteiger partial charge in [0.15, 0.2) is 0 Å². The van der Waals surface area contributed by atoms with E-state index in [9.17, 15) is 5.11 Å². The molecular formula is C35H51N5O. The van der Waals surface area contributed by atoms with Crippen molar-refractivity contribution in [2.45, 2.75) is 90.0 Å². The van der Waals surface area contributed by atoms with Gasteiger partial charge in [-0.1, -0.05) is 44.5 Å². The van der Waals surface area contributed by atoms with Crippen LogP contribution in [0.4, 0.5) is 0 Å². The maximum absolute atomic E-state index is 10.1. The fraction of sp³-hybridized carbons (Fsp3) is 0.571. The van der Waals surface area contributed by atoms with Gasteiger partial charge in [0.05, 0.1) is 5.52 Å². The normalized spacial score (nSPS) is 22.8. The van der Waals surface area contributed by atoms with Gasteiger partial charge in [-0.15, -0.1) is 0 Å². The smallest absolute Gasteiger partial charge is 0.115 e. The van der Waals surface area contributed by atoms with Crippen molar-refractivity contribution >= 4 is 10.9 Å². The minimum Gasteiger partial charge on any atom is -0.508 e. The number of piperidine rings is 1. The number of piperazine rings is 1. The maximum atomic E-state index is 10.1. The first-order valence-corrected chi connectivity index (χ1v) is 15.8. The highest BCUT2D eigenvalue weighted by molar-refractivity contribution is 5.80. The van der Waals surface area contributed by atoms with Crippen molar-refractivity contribution in [1.29, 1.82) is 0 Å². The van der Waals surface area contributed by atoms with Crippen molar-refractivity contribution < 1.29 is 5.11 Å². The van der Waals surface area contributed by atoms with E-state index >= 15 is 0 Å². The molecule has 0 spiro atoms. The summed E-state index contributed by atoms with van der Waals surface area (Å²) in [6, 6.07) is 18.7. The molecule has 6 heteroatoms. The van der Waals surface area contributed by atoms with Crippen molar-refractivity contribution in [3.05, 3.63) is 70.9 Å². The monoisotopic (exact) mass is 557 g/mol. The number of aromatic nitrogens is 1. The molecule has 2 aliphatic heterocycles. The third-order valence-corrected chi connectivity index (χ3v) is 9.61. The molecule has 3 atom stereocenters. The van der Waals surface area contributed by atoms with Gasteiger partial charge in [-0.25, -0.2) is 0 Å². The van der Waals surface area contributed by atoms with Gasteiger partial charge in [-0.05, 0) is 94.6 Å². The fourth-order valence-corrected chi connectivity index (χ4v) is 7.50. The Hall–Kier alpha value is -2.51. The summed E-state index contributed by atoms with van der Waals surface area (Å²) in [5.74, 6) is 0.350. The van der Waals surface area contributed by atoms with Crippen LogP contribution < -0.4 is 5.32 Å². The number of fused-ring (bicyclic) bond motifs is 1. The molecule has 0 radical (unpaired) electrons. The Labute approximate surface area is 247 Å². The van der Waals surface area contributed by atoms with E-state index in [1.54, 1.807) is 6.07 Å². The Morgan fingerprint density at radius 3 is 2.39 bits per heavy atom. The van der Waals surface area contributed by atoms with Crippen LogP contribution in [0.2, 0.25) is 0 Å². The SMILES string of the molecule is CCCC(c1cc2ccc(CN3CCC(c4cccc(O)c4)(N(C)C)CC3)cc2nc1CC)N1CC(C)NC(C)C1. The predicted octanol–water partition coefficient (Wildman–Crippen LogP) is 6.08. The van der Waals surface area contributed by atoms with Gasteiger partial charge in [0.25, 0.3) is 0 Å². The molecule has 0 aliphatic carbocycles. The average molecular weight is 558 g/mol. The van der Waals surface area contributed by atoms with E-state index in [1.165, 1.54) is 40.6 Å². The first-order chi connectivity index (χ1) is 19.7. The number of hydrogen-bond acceptors (Lipinski definition) is 6. The number of pyridine rings is 1. The Morgan fingerprint density at radius 2 is 1.76 bits per heavy atom. The molecule has 6 nitrogen and oxygen atoms in total. The van der Waals surface area contributed by atoms with Gasteiger partial charge in [0.2, 0.25) is 0 Å². The first kappa shape index (κ1) is 30.0. The van der Waals surface area contributed by atoms with Crippen LogP contribution in [0.15, 0.2) is 48.5 Å². The van der Waals surface area contributed by atoms with Crippen molar-refractivity contribution in [3.63, 3.8) is 0 Å². The molecular weight excluding hydrogens is 506 g/mol. The van der Waals surface area contributed by atoms with Gasteiger partial charge in [-0.3, -0.25) is 19.7 Å². The van der Waals surface area contributed by atoms with E-state index in [2.05, 4.69) is 92.1 Å². The summed E-state index contributed by atoms with van der Waals surface area (Å²) < 4.78 is 0. The molecule has 5 rings (SSSR count). The lowest BCUT2D eigenvalue weighted by Gasteiger charge is -2.46. The number of phenols is 1. The molecule has 2 aliphatic rings. The van der Waals surface area contributed by atoms with Crippen LogP contribution in [0.5, 0.6) is 5.75 Å². The van der Waals surface area contributed by atoms with E-state index in [0.717, 1.165) is 57.5 Å². The molecule has 0 amide bonds. The summed E-state index contributed by atoms with van der Waals surface area (Å²) in [5, 5.41) is 15.1. The van der Waals surface area contributed by atoms with E-state index < -0.39 is 0 Å². The second-order valence-corrected chi connectivity index (χ2v) is 12.9. The molecule has 3 heterocycles. The number of benzene rings is 2. The lowest BCUT2D eigenvalue weighted by Crippen LogP contribution is -2.55. The zero-order valence-corrected chi connectivity index (χ0v) is 26.2. The van der Waals surface area contributed by atoms with Gasteiger partial charge in [0.1, 0.15) is 5.75 Å². The molecule has 0 bridgehead atoms. The van der Waals surface area contributed by atoms with Crippen LogP contribution in [0, 0.1) is 0 Å². The molecule has 1 aromatic heterocycles. The Bertz CT molecular complexity index is 1310. The number of aryl methyl sites for hydroxylation is 1. The molecule has 222 valence electrons. The molecule has 2 N–H and O–H groups in total. The second kappa shape index (κ2) is 12.8. The number of nitrogens with zero attached hydrogens (tertiary/aromatic N) is 4. The third-order valence-electron chi connectivity index (χ3n) is 9.61. The largest absolute Gasteiger partial charge is 0.508 e. The first-order valence-electron chi connectivity index (χ1n) is 15.8. The molecule has 3 unspecified atom stereocenters. The van der Waals surface area contributed by atoms with Crippen molar-refractivity contribution in [1.82, 2.24) is 25.0 Å². The number of aromatic hydroxyl groups is 1. The predicted molar refractivity (Wildman–Crippen MR) is 170 cm³/mol. The Balaban J connectivity index is 1.34. The molecule has 41 heavy (non-hydrogen) atoms. The summed E-state index contributed by atoms with van der Waals surface area (Å²) in [7, 11) is 4.34. The van der Waals surface area contributed by atoms with Crippen LogP contribution >= 0.6 is 0 Å². The number of nitrogens with one attached hydrogen (secondary N) is 1. The highest BCUT2D eigenvalue weighted by Gasteiger charge is 2.38. The maximum Gasteiger partial charge on any atom is 0.115 e. The average Bonchev–Trinajstić information content (AvgIpc) is 2.95. The summed E-state index contributed by atoms with van der Waals surface area (Å²) >= 11 is 0. The number of hydrogen-bond donors (Lipinski definition) is 2. The van der Waals surface area contributed by atoms with Gasteiger partial charge in [0, 0.05) is 67.5 Å². The highest BCUT2D eigenvalue weighted by Crippen LogP contribution is 2.39. The van der Waals surface area contributed by atoms with E-state index in [1.807, 2.05) is 12.1 Å². The zero-order chi connectivity index (χ0) is 29.1. The summed E-state index contributed by atoms with van der Waals surface area (Å²) in [4.78, 5) is 12.9. The Morgan fingerprint density at radius 1 is 1.02 bits per heavy atom. The van der Waals surface area contributed by atoms with Crippen molar-refractivity contribution in [2.24, 2.45) is 0 Å². The van der Waals surface area contributed by atoms with Gasteiger partial charge < -0.3 is 10.4 Å². The molecule has 2 aromatic carbocycles. The lowest BCUT2D eigenvalue weighted by molar-refractivity contribution is 0.0506. The molecule has 2 saturated heterocycles. The van der Waals surface area contributed by atoms with Crippen molar-refractivity contribution in [2.75, 3.05) is 40.3 Å². The molecule has 0 saturated carbocycles. The standard InChI is InChI=1S/C35H51N5O/c1-7-10-34(40-22-25(3)36-26(4)23-40)31-20-28-14-13-27(19-33(28)37-32(31)8-2)24-39-17-15-35(16-18-39,38(5)6)29-11-9-12-30(41)21-29/h9,11-14,19-21,25-26,34,36,41H,7-8,10,15-18,22-24H2,1-6H3. The lowest BCUT2D eigenvalue weighted by atomic mass is 9.79. The summed E-state index contributed by atoms with van der Waals surface area (Å²) in [6.07, 6.45) is 5.39. The minimum atomic E-state index is -0.0400. The zero-order valence-electron chi connectivity index (χ0n) is 26.2. The number of rotatable bonds is 9. The number of likely N-dealkylation sites (tertiary alicyclic amines) is 1. The van der Waals surface area contributed by atoms with Gasteiger partial charge in [-0.2, -0.15) is 0 Å². The Kier molecular flexibility index (Phi) is 9.34. The molecule has 3 aromatic rings. The fourth-order valence-electron chi connectivity index (χ4n) is 7.50. The van der Waals surface area contributed by atoms with Crippen LogP contribution in [0.3, 0.4) is 0 Å². The van der Waals surface area contributed by atoms with E-state index in [-0.39, 0.29) is 5.54 Å². The van der Waals surface area contributed by atoms with Gasteiger partial charge >= 0.3 is 0 Å². The van der Waals surface area contributed by atoms with Crippen LogP contribution in [-0.2, 0) is 18.5 Å². The summed E-state index contributed by atoms with van der Waals surface area (Å²) in [5.41, 5.74) is 6.32. The third kappa shape index (κ3) is 6.46. The number of phenolic OH excluding ortho intramolecular Hbond substituents is 1. The topological polar surface area (TPSA) is 54.9 Å². The summed E-state index contributed by atoms with van der Waals surface area (Å²) in [6.45, 7) is 14.4. The minimum absolute atomic E-state index is 0.0400. The van der Waals surface area contributed by atoms with Crippen LogP contribution in [0.25, 0.3) is 10.9 Å². The van der Waals surface area contributed by atoms with Crippen LogP contribution in [-0.4, -0.2) is 77.1 Å². The quantitative estimate of drug-likeness (QED) is 0.333. The highest BCUT2D eigenvalue weighted by atomic mass is 16.3. The van der Waals surface area contributed by atoms with E-state index in [0.29, 0.717) is 23.9 Å². The van der Waals surface area contributed by atoms with Crippen LogP contribution in [0.1, 0.15) is 81.8 Å². The van der Waals surface area contributed by atoms with E-state index in [4.69, 9.17) is 4.98 Å². The second-order valence-electron chi connectivity index (χ2n) is 12.9. The molecule has 2 fully saturated rings.